The number of rotatable bonds is 5. The molecule has 0 aliphatic rings. The average Bonchev–Trinajstić information content (AvgIpc) is 2.49. The van der Waals surface area contributed by atoms with E-state index in [1.807, 2.05) is 61.5 Å². The summed E-state index contributed by atoms with van der Waals surface area (Å²) in [4.78, 5) is 12.1. The van der Waals surface area contributed by atoms with Crippen molar-refractivity contribution in [1.82, 2.24) is 5.32 Å². The summed E-state index contributed by atoms with van der Waals surface area (Å²) in [6, 6.07) is 16.3. The zero-order valence-corrected chi connectivity index (χ0v) is 12.7. The van der Waals surface area contributed by atoms with E-state index in [9.17, 15) is 4.79 Å². The van der Waals surface area contributed by atoms with Crippen molar-refractivity contribution in [3.63, 3.8) is 0 Å². The number of hydrogen-bond acceptors (Lipinski definition) is 2. The zero-order chi connectivity index (χ0) is 15.2. The van der Waals surface area contributed by atoms with Crippen molar-refractivity contribution < 1.29 is 4.79 Å². The van der Waals surface area contributed by atoms with Crippen LogP contribution in [0.1, 0.15) is 24.1 Å². The van der Waals surface area contributed by atoms with Crippen molar-refractivity contribution in [2.45, 2.75) is 25.4 Å². The molecule has 1 unspecified atom stereocenters. The van der Waals surface area contributed by atoms with Crippen LogP contribution in [-0.4, -0.2) is 11.9 Å². The van der Waals surface area contributed by atoms with Crippen LogP contribution in [0.15, 0.2) is 54.6 Å². The molecule has 3 nitrogen and oxygen atoms in total. The smallest absolute Gasteiger partial charge is 0.241 e. The Morgan fingerprint density at radius 2 is 1.76 bits per heavy atom. The molecule has 0 saturated carbocycles. The topological polar surface area (TPSA) is 55.1 Å². The summed E-state index contributed by atoms with van der Waals surface area (Å²) >= 11 is 5.86. The molecule has 3 N–H and O–H groups in total. The van der Waals surface area contributed by atoms with Gasteiger partial charge in [0, 0.05) is 11.1 Å². The van der Waals surface area contributed by atoms with E-state index in [2.05, 4.69) is 5.32 Å². The van der Waals surface area contributed by atoms with Gasteiger partial charge in [0.15, 0.2) is 0 Å². The molecule has 1 amide bonds. The molecule has 21 heavy (non-hydrogen) atoms. The van der Waals surface area contributed by atoms with Gasteiger partial charge in [-0.25, -0.2) is 0 Å². The maximum Gasteiger partial charge on any atom is 0.241 e. The van der Waals surface area contributed by atoms with Crippen LogP contribution in [0.2, 0.25) is 5.02 Å². The van der Waals surface area contributed by atoms with Crippen LogP contribution in [0.25, 0.3) is 0 Å². The van der Waals surface area contributed by atoms with Crippen LogP contribution in [0.5, 0.6) is 0 Å². The van der Waals surface area contributed by atoms with Gasteiger partial charge in [-0.05, 0) is 36.6 Å². The molecule has 2 aromatic carbocycles. The third-order valence-electron chi connectivity index (χ3n) is 3.28. The third kappa shape index (κ3) is 4.59. The number of hydrogen-bond donors (Lipinski definition) is 2. The highest BCUT2D eigenvalue weighted by atomic mass is 35.5. The van der Waals surface area contributed by atoms with Crippen LogP contribution >= 0.6 is 11.6 Å². The monoisotopic (exact) mass is 302 g/mol. The lowest BCUT2D eigenvalue weighted by Gasteiger charge is -2.18. The average molecular weight is 303 g/mol. The molecule has 0 aliphatic heterocycles. The van der Waals surface area contributed by atoms with Crippen LogP contribution in [0.4, 0.5) is 0 Å². The molecule has 0 fully saturated rings. The fourth-order valence-corrected chi connectivity index (χ4v) is 2.30. The van der Waals surface area contributed by atoms with E-state index in [4.69, 9.17) is 17.3 Å². The third-order valence-corrected chi connectivity index (χ3v) is 3.54. The number of nitrogens with one attached hydrogen (secondary N) is 1. The van der Waals surface area contributed by atoms with Gasteiger partial charge in [0.1, 0.15) is 6.04 Å². The van der Waals surface area contributed by atoms with Crippen molar-refractivity contribution in [1.29, 1.82) is 0 Å². The van der Waals surface area contributed by atoms with Gasteiger partial charge in [-0.2, -0.15) is 0 Å². The van der Waals surface area contributed by atoms with Gasteiger partial charge in [0.25, 0.3) is 0 Å². The van der Waals surface area contributed by atoms with E-state index >= 15 is 0 Å². The fraction of sp³-hybridized carbons (Fsp3) is 0.235. The number of carbonyl (C=O) groups is 1. The molecule has 2 rings (SSSR count). The van der Waals surface area contributed by atoms with Crippen LogP contribution in [0, 0.1) is 0 Å². The van der Waals surface area contributed by atoms with E-state index in [-0.39, 0.29) is 11.9 Å². The largest absolute Gasteiger partial charge is 0.352 e. The molecule has 0 saturated heterocycles. The summed E-state index contributed by atoms with van der Waals surface area (Å²) in [5.74, 6) is -0.164. The summed E-state index contributed by atoms with van der Waals surface area (Å²) in [6.07, 6.45) is 0.740. The standard InChI is InChI=1S/C17H19ClN2O/c1-12(11-13-7-9-15(18)10-8-13)20-17(21)16(19)14-5-3-2-4-6-14/h2-10,12,16H,11,19H2,1H3,(H,20,21)/t12?,16-/m1/s1. The summed E-state index contributed by atoms with van der Waals surface area (Å²) in [5, 5.41) is 3.65. The molecule has 0 spiro atoms. The van der Waals surface area contributed by atoms with Gasteiger partial charge in [0.05, 0.1) is 0 Å². The summed E-state index contributed by atoms with van der Waals surface area (Å²) in [6.45, 7) is 1.96. The molecular formula is C17H19ClN2O. The van der Waals surface area contributed by atoms with Crippen molar-refractivity contribution in [2.24, 2.45) is 5.73 Å². The summed E-state index contributed by atoms with van der Waals surface area (Å²) < 4.78 is 0. The zero-order valence-electron chi connectivity index (χ0n) is 11.9. The van der Waals surface area contributed by atoms with Crippen LogP contribution < -0.4 is 11.1 Å². The van der Waals surface area contributed by atoms with E-state index in [0.29, 0.717) is 5.02 Å². The fourth-order valence-electron chi connectivity index (χ4n) is 2.17. The number of benzene rings is 2. The Morgan fingerprint density at radius 1 is 1.14 bits per heavy atom. The Morgan fingerprint density at radius 3 is 2.38 bits per heavy atom. The maximum atomic E-state index is 12.1. The number of carbonyl (C=O) groups excluding carboxylic acids is 1. The van der Waals surface area contributed by atoms with Crippen molar-refractivity contribution in [3.8, 4) is 0 Å². The van der Waals surface area contributed by atoms with Crippen molar-refractivity contribution >= 4 is 17.5 Å². The van der Waals surface area contributed by atoms with Crippen molar-refractivity contribution in [2.75, 3.05) is 0 Å². The molecule has 2 atom stereocenters. The highest BCUT2D eigenvalue weighted by molar-refractivity contribution is 6.30. The first kappa shape index (κ1) is 15.5. The SMILES string of the molecule is CC(Cc1ccc(Cl)cc1)NC(=O)[C@H](N)c1ccccc1. The summed E-state index contributed by atoms with van der Waals surface area (Å²) in [5.41, 5.74) is 7.91. The van der Waals surface area contributed by atoms with Crippen LogP contribution in [-0.2, 0) is 11.2 Å². The lowest BCUT2D eigenvalue weighted by Crippen LogP contribution is -2.40. The second kappa shape index (κ2) is 7.25. The minimum Gasteiger partial charge on any atom is -0.352 e. The molecular weight excluding hydrogens is 284 g/mol. The Balaban J connectivity index is 1.91. The molecule has 0 heterocycles. The Bertz CT molecular complexity index is 583. The first-order valence-electron chi connectivity index (χ1n) is 6.91. The normalized spacial score (nSPS) is 13.5. The minimum atomic E-state index is -0.640. The Kier molecular flexibility index (Phi) is 5.37. The number of amides is 1. The number of nitrogens with two attached hydrogens (primary N) is 1. The predicted molar refractivity (Wildman–Crippen MR) is 86.1 cm³/mol. The molecule has 0 aliphatic carbocycles. The molecule has 2 aromatic rings. The highest BCUT2D eigenvalue weighted by Gasteiger charge is 2.17. The lowest BCUT2D eigenvalue weighted by molar-refractivity contribution is -0.123. The Labute approximate surface area is 130 Å². The summed E-state index contributed by atoms with van der Waals surface area (Å²) in [7, 11) is 0. The van der Waals surface area contributed by atoms with Crippen molar-refractivity contribution in [3.05, 3.63) is 70.7 Å². The van der Waals surface area contributed by atoms with E-state index in [1.54, 1.807) is 0 Å². The van der Waals surface area contributed by atoms with Gasteiger partial charge in [-0.3, -0.25) is 4.79 Å². The quantitative estimate of drug-likeness (QED) is 0.892. The van der Waals surface area contributed by atoms with Gasteiger partial charge in [-0.15, -0.1) is 0 Å². The van der Waals surface area contributed by atoms with E-state index < -0.39 is 6.04 Å². The molecule has 4 heteroatoms. The van der Waals surface area contributed by atoms with Gasteiger partial charge in [-0.1, -0.05) is 54.1 Å². The minimum absolute atomic E-state index is 0.00781. The molecule has 110 valence electrons. The van der Waals surface area contributed by atoms with Gasteiger partial charge < -0.3 is 11.1 Å². The first-order chi connectivity index (χ1) is 10.1. The van der Waals surface area contributed by atoms with E-state index in [0.717, 1.165) is 17.5 Å². The van der Waals surface area contributed by atoms with Gasteiger partial charge in [0.2, 0.25) is 5.91 Å². The second-order valence-electron chi connectivity index (χ2n) is 5.13. The Hall–Kier alpha value is -1.84. The maximum absolute atomic E-state index is 12.1. The number of halogens is 1. The predicted octanol–water partition coefficient (Wildman–Crippen LogP) is 3.09. The molecule has 0 aromatic heterocycles. The lowest BCUT2D eigenvalue weighted by atomic mass is 10.0. The van der Waals surface area contributed by atoms with E-state index in [1.165, 1.54) is 0 Å². The first-order valence-corrected chi connectivity index (χ1v) is 7.29. The molecule has 0 radical (unpaired) electrons. The van der Waals surface area contributed by atoms with Gasteiger partial charge >= 0.3 is 0 Å². The molecule has 0 bridgehead atoms. The second-order valence-corrected chi connectivity index (χ2v) is 5.57. The van der Waals surface area contributed by atoms with Crippen LogP contribution in [0.3, 0.4) is 0 Å². The highest BCUT2D eigenvalue weighted by Crippen LogP contribution is 2.12.